The third-order valence-corrected chi connectivity index (χ3v) is 3.50. The molecule has 0 aliphatic heterocycles. The smallest absolute Gasteiger partial charge is 0.290 e. The molecule has 0 saturated carbocycles. The minimum Gasteiger partial charge on any atom is -0.454 e. The molecule has 0 saturated heterocycles. The molecule has 0 radical (unpaired) electrons. The van der Waals surface area contributed by atoms with Crippen molar-refractivity contribution in [2.75, 3.05) is 5.73 Å². The second-order valence-electron chi connectivity index (χ2n) is 4.96. The van der Waals surface area contributed by atoms with Crippen molar-refractivity contribution in [2.45, 2.75) is 20.4 Å². The number of hydrogen-bond donors (Lipinski definition) is 1. The topological polar surface area (TPSA) is 91.1 Å². The number of hydrogen-bond acceptors (Lipinski definition) is 5. The lowest BCUT2D eigenvalue weighted by atomic mass is 10.1. The van der Waals surface area contributed by atoms with Crippen LogP contribution in [-0.4, -0.2) is 15.6 Å². The van der Waals surface area contributed by atoms with Gasteiger partial charge in [-0.25, -0.2) is 4.68 Å². The van der Waals surface area contributed by atoms with Crippen LogP contribution in [0.25, 0.3) is 22.4 Å². The summed E-state index contributed by atoms with van der Waals surface area (Å²) in [6.07, 6.45) is 0. The second kappa shape index (κ2) is 5.14. The van der Waals surface area contributed by atoms with Gasteiger partial charge in [-0.05, 0) is 26.0 Å². The van der Waals surface area contributed by atoms with Gasteiger partial charge in [0.2, 0.25) is 0 Å². The second-order valence-corrected chi connectivity index (χ2v) is 4.96. The number of benzene rings is 1. The summed E-state index contributed by atoms with van der Waals surface area (Å²) in [4.78, 5) is 24.0. The molecule has 0 amide bonds. The largest absolute Gasteiger partial charge is 0.454 e. The summed E-state index contributed by atoms with van der Waals surface area (Å²) in [6, 6.07) is 9.26. The van der Waals surface area contributed by atoms with Crippen LogP contribution in [0.5, 0.6) is 0 Å². The molecule has 22 heavy (non-hydrogen) atoms. The molecule has 0 bridgehead atoms. The summed E-state index contributed by atoms with van der Waals surface area (Å²) >= 11 is 0. The number of furan rings is 1. The molecule has 112 valence electrons. The Morgan fingerprint density at radius 2 is 2.09 bits per heavy atom. The van der Waals surface area contributed by atoms with E-state index < -0.39 is 5.56 Å². The van der Waals surface area contributed by atoms with E-state index in [0.717, 1.165) is 5.39 Å². The Morgan fingerprint density at radius 1 is 1.36 bits per heavy atom. The van der Waals surface area contributed by atoms with Crippen LogP contribution >= 0.6 is 0 Å². The number of aryl methyl sites for hydroxylation is 1. The molecule has 3 aromatic rings. The normalized spacial score (nSPS) is 11.0. The number of Topliss-reactive ketones (excluding diaryl/α,β-unsaturated/α-hetero) is 1. The van der Waals surface area contributed by atoms with Crippen LogP contribution in [0.15, 0.2) is 39.5 Å². The van der Waals surface area contributed by atoms with Crippen molar-refractivity contribution in [1.29, 1.82) is 0 Å². The summed E-state index contributed by atoms with van der Waals surface area (Å²) in [5.74, 6) is 0.0982. The molecule has 0 fully saturated rings. The van der Waals surface area contributed by atoms with Gasteiger partial charge in [-0.3, -0.25) is 9.59 Å². The van der Waals surface area contributed by atoms with E-state index in [-0.39, 0.29) is 17.0 Å². The van der Waals surface area contributed by atoms with Gasteiger partial charge in [0.1, 0.15) is 17.0 Å². The van der Waals surface area contributed by atoms with Crippen LogP contribution in [0, 0.1) is 0 Å². The molecule has 6 nitrogen and oxygen atoms in total. The maximum absolute atomic E-state index is 12.1. The molecule has 2 N–H and O–H groups in total. The van der Waals surface area contributed by atoms with E-state index in [1.54, 1.807) is 13.0 Å². The maximum atomic E-state index is 12.1. The lowest BCUT2D eigenvalue weighted by Crippen LogP contribution is -2.28. The molecule has 0 spiro atoms. The summed E-state index contributed by atoms with van der Waals surface area (Å²) in [5, 5.41) is 5.14. The van der Waals surface area contributed by atoms with Crippen molar-refractivity contribution < 1.29 is 9.21 Å². The molecule has 1 aromatic carbocycles. The van der Waals surface area contributed by atoms with Crippen molar-refractivity contribution in [3.8, 4) is 11.5 Å². The van der Waals surface area contributed by atoms with Gasteiger partial charge in [0.15, 0.2) is 11.5 Å². The number of carbonyl (C=O) groups excluding carboxylic acids is 1. The Hall–Kier alpha value is -2.89. The van der Waals surface area contributed by atoms with Crippen molar-refractivity contribution in [1.82, 2.24) is 9.78 Å². The predicted octanol–water partition coefficient (Wildman–Crippen LogP) is 2.46. The van der Waals surface area contributed by atoms with Crippen LogP contribution in [-0.2, 0) is 6.54 Å². The van der Waals surface area contributed by atoms with E-state index in [1.165, 1.54) is 11.6 Å². The standard InChI is InChI=1S/C16H15N3O3/c1-3-19-16(21)14(17)13(9(2)20)15(18-19)12-8-10-6-4-5-7-11(10)22-12/h4-8H,3,17H2,1-2H3. The highest BCUT2D eigenvalue weighted by Gasteiger charge is 2.22. The lowest BCUT2D eigenvalue weighted by Gasteiger charge is -2.10. The van der Waals surface area contributed by atoms with E-state index in [0.29, 0.717) is 23.6 Å². The fraction of sp³-hybridized carbons (Fsp3) is 0.188. The number of carbonyl (C=O) groups is 1. The van der Waals surface area contributed by atoms with E-state index in [9.17, 15) is 9.59 Å². The van der Waals surface area contributed by atoms with Gasteiger partial charge in [0.05, 0.1) is 5.56 Å². The van der Waals surface area contributed by atoms with Crippen molar-refractivity contribution >= 4 is 22.4 Å². The van der Waals surface area contributed by atoms with E-state index in [2.05, 4.69) is 5.10 Å². The molecule has 0 unspecified atom stereocenters. The van der Waals surface area contributed by atoms with E-state index in [1.807, 2.05) is 24.3 Å². The highest BCUT2D eigenvalue weighted by Crippen LogP contribution is 2.30. The molecular weight excluding hydrogens is 282 g/mol. The maximum Gasteiger partial charge on any atom is 0.290 e. The first-order valence-corrected chi connectivity index (χ1v) is 6.93. The molecule has 3 rings (SSSR count). The van der Waals surface area contributed by atoms with Crippen LogP contribution in [0.2, 0.25) is 0 Å². The lowest BCUT2D eigenvalue weighted by molar-refractivity contribution is 0.101. The minimum atomic E-state index is -0.465. The van der Waals surface area contributed by atoms with Crippen molar-refractivity contribution in [3.63, 3.8) is 0 Å². The zero-order valence-electron chi connectivity index (χ0n) is 12.3. The van der Waals surface area contributed by atoms with Crippen molar-refractivity contribution in [2.24, 2.45) is 0 Å². The Bertz CT molecular complexity index is 904. The Labute approximate surface area is 126 Å². The first-order chi connectivity index (χ1) is 10.5. The molecular formula is C16H15N3O3. The zero-order valence-corrected chi connectivity index (χ0v) is 12.3. The van der Waals surface area contributed by atoms with Gasteiger partial charge < -0.3 is 10.2 Å². The van der Waals surface area contributed by atoms with Gasteiger partial charge >= 0.3 is 0 Å². The van der Waals surface area contributed by atoms with Gasteiger partial charge in [0, 0.05) is 11.9 Å². The SMILES string of the molecule is CCn1nc(-c2cc3ccccc3o2)c(C(C)=O)c(N)c1=O. The number of ketones is 1. The monoisotopic (exact) mass is 297 g/mol. The Kier molecular flexibility index (Phi) is 3.29. The van der Waals surface area contributed by atoms with E-state index >= 15 is 0 Å². The summed E-state index contributed by atoms with van der Waals surface area (Å²) in [6.45, 7) is 3.49. The molecule has 2 heterocycles. The Balaban J connectivity index is 2.35. The van der Waals surface area contributed by atoms with Gasteiger partial charge in [-0.2, -0.15) is 5.10 Å². The average molecular weight is 297 g/mol. The number of nitrogens with two attached hydrogens (primary N) is 1. The van der Waals surface area contributed by atoms with Crippen molar-refractivity contribution in [3.05, 3.63) is 46.2 Å². The third-order valence-electron chi connectivity index (χ3n) is 3.50. The minimum absolute atomic E-state index is 0.0974. The Morgan fingerprint density at radius 3 is 2.73 bits per heavy atom. The van der Waals surface area contributed by atoms with E-state index in [4.69, 9.17) is 10.2 Å². The first kappa shape index (κ1) is 14.1. The number of anilines is 1. The highest BCUT2D eigenvalue weighted by atomic mass is 16.3. The van der Waals surface area contributed by atoms with Gasteiger partial charge in [-0.1, -0.05) is 18.2 Å². The predicted molar refractivity (Wildman–Crippen MR) is 83.8 cm³/mol. The van der Waals surface area contributed by atoms with Gasteiger partial charge in [-0.15, -0.1) is 0 Å². The van der Waals surface area contributed by atoms with Crippen LogP contribution in [0.1, 0.15) is 24.2 Å². The number of aromatic nitrogens is 2. The highest BCUT2D eigenvalue weighted by molar-refractivity contribution is 6.04. The molecule has 0 aliphatic rings. The number of nitrogens with zero attached hydrogens (tertiary/aromatic N) is 2. The molecule has 6 heteroatoms. The third kappa shape index (κ3) is 2.09. The molecule has 2 aromatic heterocycles. The number of fused-ring (bicyclic) bond motifs is 1. The molecule has 0 atom stereocenters. The number of nitrogen functional groups attached to an aromatic ring is 1. The van der Waals surface area contributed by atoms with Crippen LogP contribution < -0.4 is 11.3 Å². The number of para-hydroxylation sites is 1. The van der Waals surface area contributed by atoms with Crippen LogP contribution in [0.3, 0.4) is 0 Å². The van der Waals surface area contributed by atoms with Gasteiger partial charge in [0.25, 0.3) is 5.56 Å². The quantitative estimate of drug-likeness (QED) is 0.750. The molecule has 0 aliphatic carbocycles. The average Bonchev–Trinajstić information content (AvgIpc) is 2.93. The summed E-state index contributed by atoms with van der Waals surface area (Å²) in [7, 11) is 0. The fourth-order valence-electron chi connectivity index (χ4n) is 2.43. The fourth-order valence-corrected chi connectivity index (χ4v) is 2.43. The zero-order chi connectivity index (χ0) is 15.9. The summed E-state index contributed by atoms with van der Waals surface area (Å²) in [5.41, 5.74) is 6.38. The first-order valence-electron chi connectivity index (χ1n) is 6.93. The van der Waals surface area contributed by atoms with Crippen LogP contribution in [0.4, 0.5) is 5.69 Å². The summed E-state index contributed by atoms with van der Waals surface area (Å²) < 4.78 is 6.98. The number of rotatable bonds is 3.